The molecule has 2 aromatic carbocycles. The summed E-state index contributed by atoms with van der Waals surface area (Å²) < 4.78 is 7.11. The lowest BCUT2D eigenvalue weighted by molar-refractivity contribution is -0.114. The molecule has 0 saturated heterocycles. The Morgan fingerprint density at radius 2 is 1.90 bits per heavy atom. The van der Waals surface area contributed by atoms with E-state index in [9.17, 15) is 9.59 Å². The molecule has 0 fully saturated rings. The number of nitrogens with one attached hydrogen (secondary N) is 1. The van der Waals surface area contributed by atoms with Gasteiger partial charge in [-0.2, -0.15) is 4.98 Å². The lowest BCUT2D eigenvalue weighted by Gasteiger charge is -2.09. The van der Waals surface area contributed by atoms with Crippen LogP contribution in [0.3, 0.4) is 0 Å². The minimum absolute atomic E-state index is 0.0795. The summed E-state index contributed by atoms with van der Waals surface area (Å²) in [6.45, 7) is 5.69. The Hall–Kier alpha value is -3.81. The number of carbonyl (C=O) groups excluding carboxylic acids is 1. The molecule has 1 N–H and O–H groups in total. The third kappa shape index (κ3) is 3.84. The van der Waals surface area contributed by atoms with Gasteiger partial charge in [-0.25, -0.2) is 4.98 Å². The second-order valence-corrected chi connectivity index (χ2v) is 7.02. The number of rotatable bonds is 5. The van der Waals surface area contributed by atoms with Crippen molar-refractivity contribution in [2.75, 3.05) is 5.32 Å². The largest absolute Gasteiger partial charge is 0.339 e. The molecular formula is C22H21N5O3. The van der Waals surface area contributed by atoms with E-state index in [0.29, 0.717) is 35.9 Å². The van der Waals surface area contributed by atoms with Gasteiger partial charge in [0.1, 0.15) is 5.69 Å². The van der Waals surface area contributed by atoms with Gasteiger partial charge >= 0.3 is 0 Å². The lowest BCUT2D eigenvalue weighted by Crippen LogP contribution is -2.23. The Labute approximate surface area is 172 Å². The van der Waals surface area contributed by atoms with Gasteiger partial charge in [0.15, 0.2) is 0 Å². The van der Waals surface area contributed by atoms with Gasteiger partial charge in [0.25, 0.3) is 5.56 Å². The number of aromatic nitrogens is 4. The van der Waals surface area contributed by atoms with Crippen LogP contribution < -0.4 is 10.9 Å². The summed E-state index contributed by atoms with van der Waals surface area (Å²) in [5, 5.41) is 6.82. The van der Waals surface area contributed by atoms with E-state index in [1.54, 1.807) is 11.5 Å². The zero-order valence-corrected chi connectivity index (χ0v) is 17.0. The highest BCUT2D eigenvalue weighted by Gasteiger charge is 2.13. The molecule has 1 amide bonds. The molecule has 8 nitrogen and oxygen atoms in total. The number of hydrogen-bond acceptors (Lipinski definition) is 6. The normalized spacial score (nSPS) is 11.0. The van der Waals surface area contributed by atoms with Crippen LogP contribution in [0, 0.1) is 6.92 Å². The molecule has 0 spiro atoms. The molecule has 0 aliphatic heterocycles. The first kappa shape index (κ1) is 19.5. The average molecular weight is 403 g/mol. The monoisotopic (exact) mass is 403 g/mol. The van der Waals surface area contributed by atoms with E-state index in [4.69, 9.17) is 4.52 Å². The van der Waals surface area contributed by atoms with Crippen molar-refractivity contribution in [2.45, 2.75) is 33.7 Å². The van der Waals surface area contributed by atoms with Crippen LogP contribution in [0.25, 0.3) is 22.4 Å². The predicted octanol–water partition coefficient (Wildman–Crippen LogP) is 3.32. The van der Waals surface area contributed by atoms with E-state index >= 15 is 0 Å². The molecule has 0 unspecified atom stereocenters. The van der Waals surface area contributed by atoms with Crippen molar-refractivity contribution in [3.8, 4) is 11.4 Å². The van der Waals surface area contributed by atoms with Crippen LogP contribution in [0.1, 0.15) is 31.0 Å². The first-order valence-electron chi connectivity index (χ1n) is 9.65. The Kier molecular flexibility index (Phi) is 5.14. The fourth-order valence-corrected chi connectivity index (χ4v) is 3.36. The molecule has 152 valence electrons. The standard InChI is InChI=1S/C22H21N5O3/c1-4-27-19-10-7-16(12-18(19)23-13(2)22(27)29)21-25-20(30-26-21)11-15-5-8-17(9-6-15)24-14(3)28/h5-10,12H,4,11H2,1-3H3,(H,24,28). The first-order valence-corrected chi connectivity index (χ1v) is 9.65. The van der Waals surface area contributed by atoms with E-state index in [0.717, 1.165) is 22.3 Å². The van der Waals surface area contributed by atoms with Crippen LogP contribution in [0.15, 0.2) is 51.8 Å². The van der Waals surface area contributed by atoms with Gasteiger partial charge in [0.05, 0.1) is 17.5 Å². The molecule has 0 saturated carbocycles. The summed E-state index contributed by atoms with van der Waals surface area (Å²) in [5.74, 6) is 0.843. The third-order valence-corrected chi connectivity index (χ3v) is 4.78. The van der Waals surface area contributed by atoms with Gasteiger partial charge in [0.2, 0.25) is 17.6 Å². The summed E-state index contributed by atoms with van der Waals surface area (Å²) in [7, 11) is 0. The Bertz CT molecular complexity index is 1290. The summed E-state index contributed by atoms with van der Waals surface area (Å²) in [6.07, 6.45) is 0.480. The number of anilines is 1. The molecular weight excluding hydrogens is 382 g/mol. The number of aryl methyl sites for hydroxylation is 2. The molecule has 0 radical (unpaired) electrons. The maximum atomic E-state index is 12.3. The predicted molar refractivity (Wildman–Crippen MR) is 113 cm³/mol. The number of fused-ring (bicyclic) bond motifs is 1. The molecule has 0 bridgehead atoms. The van der Waals surface area contributed by atoms with Crippen molar-refractivity contribution in [3.63, 3.8) is 0 Å². The van der Waals surface area contributed by atoms with Crippen LogP contribution in [-0.4, -0.2) is 25.6 Å². The highest BCUT2D eigenvalue weighted by atomic mass is 16.5. The smallest absolute Gasteiger partial charge is 0.272 e. The molecule has 4 aromatic rings. The summed E-state index contributed by atoms with van der Waals surface area (Å²) in [6, 6.07) is 13.1. The fourth-order valence-electron chi connectivity index (χ4n) is 3.36. The van der Waals surface area contributed by atoms with E-state index < -0.39 is 0 Å². The van der Waals surface area contributed by atoms with Crippen LogP contribution >= 0.6 is 0 Å². The van der Waals surface area contributed by atoms with Crippen LogP contribution in [0.4, 0.5) is 5.69 Å². The van der Waals surface area contributed by atoms with Crippen molar-refractivity contribution in [1.82, 2.24) is 19.7 Å². The maximum absolute atomic E-state index is 12.3. The van der Waals surface area contributed by atoms with E-state index in [-0.39, 0.29) is 11.5 Å². The SMILES string of the molecule is CCn1c(=O)c(C)nc2cc(-c3noc(Cc4ccc(NC(C)=O)cc4)n3)ccc21. The van der Waals surface area contributed by atoms with Gasteiger partial charge in [-0.05, 0) is 49.7 Å². The van der Waals surface area contributed by atoms with E-state index in [1.807, 2.05) is 49.4 Å². The highest BCUT2D eigenvalue weighted by molar-refractivity contribution is 5.88. The molecule has 0 aliphatic carbocycles. The number of amides is 1. The molecule has 30 heavy (non-hydrogen) atoms. The van der Waals surface area contributed by atoms with Crippen molar-refractivity contribution in [2.24, 2.45) is 0 Å². The Balaban J connectivity index is 1.59. The fraction of sp³-hybridized carbons (Fsp3) is 0.227. The van der Waals surface area contributed by atoms with Crippen LogP contribution in [-0.2, 0) is 17.8 Å². The minimum atomic E-state index is -0.111. The Morgan fingerprint density at radius 1 is 1.13 bits per heavy atom. The van der Waals surface area contributed by atoms with Gasteiger partial charge in [-0.3, -0.25) is 9.59 Å². The van der Waals surface area contributed by atoms with Crippen molar-refractivity contribution in [1.29, 1.82) is 0 Å². The van der Waals surface area contributed by atoms with Crippen molar-refractivity contribution >= 4 is 22.6 Å². The van der Waals surface area contributed by atoms with E-state index in [2.05, 4.69) is 20.4 Å². The highest BCUT2D eigenvalue weighted by Crippen LogP contribution is 2.22. The van der Waals surface area contributed by atoms with Gasteiger partial charge in [0, 0.05) is 24.7 Å². The third-order valence-electron chi connectivity index (χ3n) is 4.78. The lowest BCUT2D eigenvalue weighted by atomic mass is 10.1. The maximum Gasteiger partial charge on any atom is 0.272 e. The van der Waals surface area contributed by atoms with Crippen molar-refractivity contribution in [3.05, 3.63) is 70.0 Å². The van der Waals surface area contributed by atoms with E-state index in [1.165, 1.54) is 6.92 Å². The Morgan fingerprint density at radius 3 is 2.60 bits per heavy atom. The molecule has 0 aliphatic rings. The van der Waals surface area contributed by atoms with Crippen LogP contribution in [0.5, 0.6) is 0 Å². The number of carbonyl (C=O) groups is 1. The molecule has 0 atom stereocenters. The summed E-state index contributed by atoms with van der Waals surface area (Å²) >= 11 is 0. The first-order chi connectivity index (χ1) is 14.4. The molecule has 2 heterocycles. The number of hydrogen-bond donors (Lipinski definition) is 1. The molecule has 4 rings (SSSR count). The number of nitrogens with zero attached hydrogens (tertiary/aromatic N) is 4. The zero-order chi connectivity index (χ0) is 21.3. The summed E-state index contributed by atoms with van der Waals surface area (Å²) in [4.78, 5) is 32.3. The quantitative estimate of drug-likeness (QED) is 0.548. The topological polar surface area (TPSA) is 103 Å². The van der Waals surface area contributed by atoms with Crippen LogP contribution in [0.2, 0.25) is 0 Å². The van der Waals surface area contributed by atoms with Gasteiger partial charge in [-0.1, -0.05) is 17.3 Å². The zero-order valence-electron chi connectivity index (χ0n) is 17.0. The molecule has 2 aromatic heterocycles. The van der Waals surface area contributed by atoms with Gasteiger partial charge < -0.3 is 14.4 Å². The van der Waals surface area contributed by atoms with Crippen molar-refractivity contribution < 1.29 is 9.32 Å². The summed E-state index contributed by atoms with van der Waals surface area (Å²) in [5.41, 5.74) is 4.36. The minimum Gasteiger partial charge on any atom is -0.339 e. The van der Waals surface area contributed by atoms with Gasteiger partial charge in [-0.15, -0.1) is 0 Å². The molecule has 8 heteroatoms. The average Bonchev–Trinajstić information content (AvgIpc) is 3.18. The number of benzene rings is 2. The second-order valence-electron chi connectivity index (χ2n) is 7.02. The second kappa shape index (κ2) is 7.90.